The topological polar surface area (TPSA) is 52.6 Å². The van der Waals surface area contributed by atoms with Gasteiger partial charge in [0.1, 0.15) is 0 Å². The molecule has 0 bridgehead atoms. The highest BCUT2D eigenvalue weighted by Gasteiger charge is 2.14. The lowest BCUT2D eigenvalue weighted by Crippen LogP contribution is -2.14. The van der Waals surface area contributed by atoms with Gasteiger partial charge in [0.2, 0.25) is 0 Å². The minimum atomic E-state index is -0.487. The Kier molecular flexibility index (Phi) is 6.37. The van der Waals surface area contributed by atoms with Crippen molar-refractivity contribution in [3.05, 3.63) is 12.2 Å². The summed E-state index contributed by atoms with van der Waals surface area (Å²) in [5.74, 6) is -0.886. The summed E-state index contributed by atoms with van der Waals surface area (Å²) in [7, 11) is 0. The summed E-state index contributed by atoms with van der Waals surface area (Å²) >= 11 is 0. The van der Waals surface area contributed by atoms with Crippen LogP contribution in [-0.4, -0.2) is 25.2 Å². The van der Waals surface area contributed by atoms with Gasteiger partial charge in [-0.25, -0.2) is 4.79 Å². The monoisotopic (exact) mass is 240 g/mol. The van der Waals surface area contributed by atoms with Gasteiger partial charge in [0.05, 0.1) is 19.6 Å². The second-order valence-electron chi connectivity index (χ2n) is 4.26. The molecule has 0 aromatic carbocycles. The molecule has 0 amide bonds. The molecule has 0 aliphatic carbocycles. The minimum Gasteiger partial charge on any atom is -0.465 e. The van der Waals surface area contributed by atoms with E-state index in [-0.39, 0.29) is 12.0 Å². The molecule has 0 aromatic rings. The first-order valence-corrected chi connectivity index (χ1v) is 6.20. The first-order valence-electron chi connectivity index (χ1n) is 6.20. The van der Waals surface area contributed by atoms with Crippen LogP contribution in [-0.2, 0) is 19.1 Å². The average molecular weight is 240 g/mol. The zero-order chi connectivity index (χ0) is 12.5. The normalized spacial score (nSPS) is 21.3. The molecule has 1 aliphatic rings. The number of ether oxygens (including phenoxy) is 2. The van der Waals surface area contributed by atoms with E-state index in [4.69, 9.17) is 9.47 Å². The Morgan fingerprint density at radius 2 is 1.35 bits per heavy atom. The Morgan fingerprint density at radius 1 is 0.824 bits per heavy atom. The zero-order valence-corrected chi connectivity index (χ0v) is 10.2. The molecule has 4 nitrogen and oxygen atoms in total. The van der Waals surface area contributed by atoms with Crippen molar-refractivity contribution in [3.63, 3.8) is 0 Å². The second-order valence-corrected chi connectivity index (χ2v) is 4.26. The Morgan fingerprint density at radius 3 is 2.00 bits per heavy atom. The summed E-state index contributed by atoms with van der Waals surface area (Å²) in [5, 5.41) is 0. The number of carbonyl (C=O) groups excluding carboxylic acids is 2. The van der Waals surface area contributed by atoms with Crippen LogP contribution < -0.4 is 0 Å². The first-order chi connectivity index (χ1) is 8.20. The number of hydrogen-bond donors (Lipinski definition) is 0. The molecule has 0 radical (unpaired) electrons. The van der Waals surface area contributed by atoms with Gasteiger partial charge in [-0.15, -0.1) is 0 Å². The molecule has 0 spiro atoms. The zero-order valence-electron chi connectivity index (χ0n) is 10.2. The summed E-state index contributed by atoms with van der Waals surface area (Å²) in [6.07, 6.45) is 6.11. The number of rotatable bonds is 0. The maximum atomic E-state index is 11.4. The molecule has 1 saturated heterocycles. The molecule has 1 rings (SSSR count). The quantitative estimate of drug-likeness (QED) is 0.482. The van der Waals surface area contributed by atoms with Crippen molar-refractivity contribution in [1.29, 1.82) is 0 Å². The number of carbonyl (C=O) groups is 2. The molecule has 1 aliphatic heterocycles. The molecule has 1 heterocycles. The Bertz CT molecular complexity index is 283. The van der Waals surface area contributed by atoms with Gasteiger partial charge < -0.3 is 9.47 Å². The largest absolute Gasteiger partial charge is 0.465 e. The van der Waals surface area contributed by atoms with Crippen molar-refractivity contribution >= 4 is 11.9 Å². The van der Waals surface area contributed by atoms with Gasteiger partial charge in [-0.3, -0.25) is 4.79 Å². The summed E-state index contributed by atoms with van der Waals surface area (Å²) in [6, 6.07) is 0. The molecule has 96 valence electrons. The van der Waals surface area contributed by atoms with E-state index in [0.29, 0.717) is 13.2 Å². The van der Waals surface area contributed by atoms with Crippen LogP contribution in [0.15, 0.2) is 12.2 Å². The Labute approximate surface area is 102 Å². The standard InChI is InChI=1S/C13H20O4/c1-11-10-12(14)16-8-6-4-2-3-5-7-9-17-13(11)15/h1-10H2. The van der Waals surface area contributed by atoms with Gasteiger partial charge in [-0.05, 0) is 12.8 Å². The minimum absolute atomic E-state index is 0.0706. The molecule has 0 aromatic heterocycles. The van der Waals surface area contributed by atoms with E-state index in [2.05, 4.69) is 6.58 Å². The maximum Gasteiger partial charge on any atom is 0.333 e. The summed E-state index contributed by atoms with van der Waals surface area (Å²) in [6.45, 7) is 4.38. The van der Waals surface area contributed by atoms with E-state index in [1.807, 2.05) is 0 Å². The fourth-order valence-electron chi connectivity index (χ4n) is 1.66. The lowest BCUT2D eigenvalue weighted by molar-refractivity contribution is -0.146. The third kappa shape index (κ3) is 6.09. The van der Waals surface area contributed by atoms with Crippen molar-refractivity contribution in [1.82, 2.24) is 0 Å². The average Bonchev–Trinajstić information content (AvgIpc) is 2.30. The fourth-order valence-corrected chi connectivity index (χ4v) is 1.66. The van der Waals surface area contributed by atoms with Crippen LogP contribution in [0.2, 0.25) is 0 Å². The van der Waals surface area contributed by atoms with Gasteiger partial charge in [0.15, 0.2) is 0 Å². The van der Waals surface area contributed by atoms with Gasteiger partial charge in [-0.2, -0.15) is 0 Å². The molecular weight excluding hydrogens is 220 g/mol. The van der Waals surface area contributed by atoms with Crippen LogP contribution in [0.1, 0.15) is 44.9 Å². The van der Waals surface area contributed by atoms with Gasteiger partial charge in [0, 0.05) is 5.57 Å². The molecular formula is C13H20O4. The van der Waals surface area contributed by atoms with Crippen LogP contribution >= 0.6 is 0 Å². The van der Waals surface area contributed by atoms with Crippen molar-refractivity contribution in [3.8, 4) is 0 Å². The Hall–Kier alpha value is -1.32. The van der Waals surface area contributed by atoms with Crippen molar-refractivity contribution in [2.45, 2.75) is 44.9 Å². The molecule has 0 unspecified atom stereocenters. The first kappa shape index (κ1) is 13.7. The van der Waals surface area contributed by atoms with E-state index in [1.54, 1.807) is 0 Å². The highest BCUT2D eigenvalue weighted by atomic mass is 16.5. The number of esters is 2. The van der Waals surface area contributed by atoms with Crippen LogP contribution in [0.5, 0.6) is 0 Å². The van der Waals surface area contributed by atoms with E-state index < -0.39 is 11.9 Å². The third-order valence-electron chi connectivity index (χ3n) is 2.68. The Balaban J connectivity index is 2.40. The van der Waals surface area contributed by atoms with Crippen molar-refractivity contribution < 1.29 is 19.1 Å². The van der Waals surface area contributed by atoms with E-state index in [1.165, 1.54) is 0 Å². The summed E-state index contributed by atoms with van der Waals surface area (Å²) < 4.78 is 10.00. The molecule has 0 saturated carbocycles. The van der Waals surface area contributed by atoms with Crippen molar-refractivity contribution in [2.75, 3.05) is 13.2 Å². The smallest absolute Gasteiger partial charge is 0.333 e. The van der Waals surface area contributed by atoms with Crippen molar-refractivity contribution in [2.24, 2.45) is 0 Å². The SMILES string of the molecule is C=C1CC(=O)OCCCCCCCCOC1=O. The number of cyclic esters (lactones) is 2. The van der Waals surface area contributed by atoms with E-state index in [9.17, 15) is 9.59 Å². The van der Waals surface area contributed by atoms with Crippen LogP contribution in [0.25, 0.3) is 0 Å². The van der Waals surface area contributed by atoms with Gasteiger partial charge >= 0.3 is 11.9 Å². The third-order valence-corrected chi connectivity index (χ3v) is 2.68. The maximum absolute atomic E-state index is 11.4. The molecule has 4 heteroatoms. The van der Waals surface area contributed by atoms with Gasteiger partial charge in [0.25, 0.3) is 0 Å². The molecule has 0 N–H and O–H groups in total. The molecule has 0 atom stereocenters. The summed E-state index contributed by atoms with van der Waals surface area (Å²) in [4.78, 5) is 22.7. The molecule has 1 fully saturated rings. The lowest BCUT2D eigenvalue weighted by Gasteiger charge is -2.09. The van der Waals surface area contributed by atoms with Crippen LogP contribution in [0.4, 0.5) is 0 Å². The predicted molar refractivity (Wildman–Crippen MR) is 63.4 cm³/mol. The summed E-state index contributed by atoms with van der Waals surface area (Å²) in [5.41, 5.74) is 0.173. The highest BCUT2D eigenvalue weighted by Crippen LogP contribution is 2.09. The predicted octanol–water partition coefficient (Wildman–Crippen LogP) is 2.37. The molecule has 17 heavy (non-hydrogen) atoms. The fraction of sp³-hybridized carbons (Fsp3) is 0.692. The highest BCUT2D eigenvalue weighted by molar-refractivity contribution is 5.93. The number of hydrogen-bond acceptors (Lipinski definition) is 4. The van der Waals surface area contributed by atoms with Crippen LogP contribution in [0.3, 0.4) is 0 Å². The lowest BCUT2D eigenvalue weighted by atomic mass is 10.1. The van der Waals surface area contributed by atoms with E-state index >= 15 is 0 Å². The van der Waals surface area contributed by atoms with E-state index in [0.717, 1.165) is 38.5 Å². The second kappa shape index (κ2) is 7.87. The van der Waals surface area contributed by atoms with Crippen LogP contribution in [0, 0.1) is 0 Å². The van der Waals surface area contributed by atoms with Gasteiger partial charge in [-0.1, -0.05) is 32.3 Å².